The third-order valence-electron chi connectivity index (χ3n) is 3.07. The Kier molecular flexibility index (Phi) is 2.43. The zero-order chi connectivity index (χ0) is 14.4. The smallest absolute Gasteiger partial charge is 0.326 e. The third kappa shape index (κ3) is 1.68. The summed E-state index contributed by atoms with van der Waals surface area (Å²) in [6.45, 7) is 1.86. The average molecular weight is 270 g/mol. The lowest BCUT2D eigenvalue weighted by molar-refractivity contribution is 0.100. The number of hydrogen-bond acceptors (Lipinski definition) is 4. The van der Waals surface area contributed by atoms with E-state index in [2.05, 4.69) is 15.0 Å². The van der Waals surface area contributed by atoms with Gasteiger partial charge in [-0.2, -0.15) is 0 Å². The molecule has 0 saturated carbocycles. The van der Waals surface area contributed by atoms with Crippen molar-refractivity contribution < 1.29 is 4.79 Å². The molecule has 0 aliphatic heterocycles. The van der Waals surface area contributed by atoms with E-state index in [1.54, 1.807) is 12.1 Å². The number of carbonyl (C=O) groups is 1. The van der Waals surface area contributed by atoms with Gasteiger partial charge >= 0.3 is 5.69 Å². The van der Waals surface area contributed by atoms with E-state index in [1.807, 2.05) is 13.0 Å². The zero-order valence-corrected chi connectivity index (χ0v) is 10.5. The van der Waals surface area contributed by atoms with Crippen LogP contribution in [0.15, 0.2) is 27.8 Å². The fourth-order valence-electron chi connectivity index (χ4n) is 2.23. The van der Waals surface area contributed by atoms with Crippen LogP contribution < -0.4 is 17.0 Å². The molecule has 3 aromatic rings. The summed E-state index contributed by atoms with van der Waals surface area (Å²) in [5.41, 5.74) is 5.54. The van der Waals surface area contributed by atoms with Crippen LogP contribution in [0.3, 0.4) is 0 Å². The Morgan fingerprint density at radius 2 is 2.00 bits per heavy atom. The zero-order valence-electron chi connectivity index (χ0n) is 10.5. The normalized spacial score (nSPS) is 11.1. The standard InChI is InChI=1S/C13H10N4O3/c1-5-2-3-7-6(4-5)8(11(14)18)9-10(15-7)12(19)17-13(20)16-9/h2-4H,1H3,(H2,14,18)(H2,16,17,19,20). The first-order valence-corrected chi connectivity index (χ1v) is 5.84. The average Bonchev–Trinajstić information content (AvgIpc) is 2.36. The highest BCUT2D eigenvalue weighted by Gasteiger charge is 2.16. The van der Waals surface area contributed by atoms with Crippen LogP contribution in [0.25, 0.3) is 21.9 Å². The van der Waals surface area contributed by atoms with Gasteiger partial charge in [-0.3, -0.25) is 14.6 Å². The molecule has 0 aliphatic carbocycles. The summed E-state index contributed by atoms with van der Waals surface area (Å²) in [6, 6.07) is 5.24. The van der Waals surface area contributed by atoms with Crippen molar-refractivity contribution in [2.45, 2.75) is 6.92 Å². The van der Waals surface area contributed by atoms with Gasteiger partial charge in [-0.25, -0.2) is 9.78 Å². The minimum Gasteiger partial charge on any atom is -0.366 e. The van der Waals surface area contributed by atoms with Crippen LogP contribution in [-0.4, -0.2) is 20.9 Å². The van der Waals surface area contributed by atoms with Crippen molar-refractivity contribution in [1.29, 1.82) is 0 Å². The number of nitrogens with one attached hydrogen (secondary N) is 2. The summed E-state index contributed by atoms with van der Waals surface area (Å²) in [6.07, 6.45) is 0. The molecule has 0 bridgehead atoms. The number of nitrogens with zero attached hydrogens (tertiary/aromatic N) is 1. The lowest BCUT2D eigenvalue weighted by atomic mass is 10.0. The van der Waals surface area contributed by atoms with Gasteiger partial charge in [0.25, 0.3) is 11.5 Å². The number of carbonyl (C=O) groups excluding carboxylic acids is 1. The minimum atomic E-state index is -0.728. The largest absolute Gasteiger partial charge is 0.366 e. The van der Waals surface area contributed by atoms with Crippen molar-refractivity contribution in [3.63, 3.8) is 0 Å². The highest BCUT2D eigenvalue weighted by Crippen LogP contribution is 2.23. The molecule has 1 aromatic carbocycles. The summed E-state index contributed by atoms with van der Waals surface area (Å²) >= 11 is 0. The Morgan fingerprint density at radius 1 is 1.25 bits per heavy atom. The molecule has 7 heteroatoms. The van der Waals surface area contributed by atoms with E-state index in [4.69, 9.17) is 5.73 Å². The van der Waals surface area contributed by atoms with Gasteiger partial charge in [-0.1, -0.05) is 11.6 Å². The number of primary amides is 1. The molecular formula is C13H10N4O3. The minimum absolute atomic E-state index is 0.0187. The van der Waals surface area contributed by atoms with Crippen LogP contribution in [0, 0.1) is 6.92 Å². The van der Waals surface area contributed by atoms with Gasteiger partial charge in [-0.05, 0) is 19.1 Å². The van der Waals surface area contributed by atoms with E-state index >= 15 is 0 Å². The van der Waals surface area contributed by atoms with Crippen LogP contribution in [0.2, 0.25) is 0 Å². The quantitative estimate of drug-likeness (QED) is 0.545. The first-order valence-electron chi connectivity index (χ1n) is 5.84. The van der Waals surface area contributed by atoms with Crippen LogP contribution in [0.4, 0.5) is 0 Å². The number of H-pyrrole nitrogens is 2. The van der Waals surface area contributed by atoms with E-state index in [0.29, 0.717) is 10.9 Å². The van der Waals surface area contributed by atoms with Crippen LogP contribution >= 0.6 is 0 Å². The lowest BCUT2D eigenvalue weighted by Crippen LogP contribution is -2.25. The Morgan fingerprint density at radius 3 is 2.70 bits per heavy atom. The molecule has 0 aliphatic rings. The number of fused-ring (bicyclic) bond motifs is 2. The molecule has 1 amide bonds. The Balaban J connectivity index is 2.70. The third-order valence-corrected chi connectivity index (χ3v) is 3.07. The van der Waals surface area contributed by atoms with Crippen molar-refractivity contribution in [3.8, 4) is 0 Å². The van der Waals surface area contributed by atoms with Crippen molar-refractivity contribution in [3.05, 3.63) is 50.2 Å². The summed E-state index contributed by atoms with van der Waals surface area (Å²) in [7, 11) is 0. The molecule has 0 unspecified atom stereocenters. The first kappa shape index (κ1) is 12.1. The van der Waals surface area contributed by atoms with Crippen LogP contribution in [-0.2, 0) is 0 Å². The van der Waals surface area contributed by atoms with E-state index in [-0.39, 0.29) is 16.6 Å². The fraction of sp³-hybridized carbons (Fsp3) is 0.0769. The van der Waals surface area contributed by atoms with Crippen LogP contribution in [0.1, 0.15) is 15.9 Å². The molecule has 7 nitrogen and oxygen atoms in total. The number of amides is 1. The maximum Gasteiger partial charge on any atom is 0.326 e. The Hall–Kier alpha value is -2.96. The summed E-state index contributed by atoms with van der Waals surface area (Å²) < 4.78 is 0. The highest BCUT2D eigenvalue weighted by atomic mass is 16.2. The molecule has 4 N–H and O–H groups in total. The predicted molar refractivity (Wildman–Crippen MR) is 73.7 cm³/mol. The highest BCUT2D eigenvalue weighted by molar-refractivity contribution is 6.14. The molecular weight excluding hydrogens is 260 g/mol. The summed E-state index contributed by atoms with van der Waals surface area (Å²) in [5.74, 6) is -0.728. The fourth-order valence-corrected chi connectivity index (χ4v) is 2.23. The van der Waals surface area contributed by atoms with Crippen molar-refractivity contribution >= 4 is 27.8 Å². The second-order valence-electron chi connectivity index (χ2n) is 4.50. The van der Waals surface area contributed by atoms with Crippen molar-refractivity contribution in [1.82, 2.24) is 15.0 Å². The summed E-state index contributed by atoms with van der Waals surface area (Å²) in [4.78, 5) is 43.6. The Labute approximate surface area is 111 Å². The van der Waals surface area contributed by atoms with Gasteiger partial charge in [0, 0.05) is 5.39 Å². The maximum absolute atomic E-state index is 11.8. The number of pyridine rings is 1. The first-order chi connectivity index (χ1) is 9.47. The molecule has 100 valence electrons. The van der Waals surface area contributed by atoms with E-state index in [9.17, 15) is 14.4 Å². The van der Waals surface area contributed by atoms with E-state index < -0.39 is 17.2 Å². The number of rotatable bonds is 1. The van der Waals surface area contributed by atoms with Gasteiger partial charge in [-0.15, -0.1) is 0 Å². The van der Waals surface area contributed by atoms with Gasteiger partial charge in [0.15, 0.2) is 5.52 Å². The number of aryl methyl sites for hydroxylation is 1. The molecule has 2 heterocycles. The molecule has 0 saturated heterocycles. The van der Waals surface area contributed by atoms with Gasteiger partial charge in [0.1, 0.15) is 0 Å². The van der Waals surface area contributed by atoms with E-state index in [1.165, 1.54) is 0 Å². The molecule has 2 aromatic heterocycles. The van der Waals surface area contributed by atoms with E-state index in [0.717, 1.165) is 5.56 Å². The van der Waals surface area contributed by atoms with Crippen molar-refractivity contribution in [2.75, 3.05) is 0 Å². The van der Waals surface area contributed by atoms with Crippen LogP contribution in [0.5, 0.6) is 0 Å². The Bertz CT molecular complexity index is 984. The topological polar surface area (TPSA) is 122 Å². The molecule has 0 atom stereocenters. The monoisotopic (exact) mass is 270 g/mol. The molecule has 20 heavy (non-hydrogen) atoms. The second-order valence-corrected chi connectivity index (χ2v) is 4.50. The molecule has 0 spiro atoms. The van der Waals surface area contributed by atoms with Gasteiger partial charge in [0.2, 0.25) is 0 Å². The van der Waals surface area contributed by atoms with Gasteiger partial charge < -0.3 is 10.7 Å². The molecule has 0 radical (unpaired) electrons. The number of hydrogen-bond donors (Lipinski definition) is 3. The molecule has 3 rings (SSSR count). The maximum atomic E-state index is 11.8. The number of aromatic nitrogens is 3. The van der Waals surface area contributed by atoms with Gasteiger partial charge in [0.05, 0.1) is 16.6 Å². The lowest BCUT2D eigenvalue weighted by Gasteiger charge is -2.07. The summed E-state index contributed by atoms with van der Waals surface area (Å²) in [5, 5.41) is 0.506. The number of aromatic amines is 2. The van der Waals surface area contributed by atoms with Crippen molar-refractivity contribution in [2.24, 2.45) is 5.73 Å². The predicted octanol–water partition coefficient (Wildman–Crippen LogP) is 0.172. The number of nitrogens with two attached hydrogens (primary N) is 1. The second kappa shape index (κ2) is 4.02. The SMILES string of the molecule is Cc1ccc2nc3c(=O)[nH]c(=O)[nH]c3c(C(N)=O)c2c1. The number of benzene rings is 1. The molecule has 0 fully saturated rings.